The first-order valence-electron chi connectivity index (χ1n) is 29.7. The van der Waals surface area contributed by atoms with Crippen LogP contribution in [-0.2, 0) is 28.6 Å². The zero-order chi connectivity index (χ0) is 51.4. The van der Waals surface area contributed by atoms with Gasteiger partial charge in [0.05, 0.1) is 0 Å². The Bertz CT molecular complexity index is 1410. The average Bonchev–Trinajstić information content (AvgIpc) is 3.37. The quantitative estimate of drug-likeness (QED) is 0.0261. The summed E-state index contributed by atoms with van der Waals surface area (Å²) in [4.78, 5) is 38.2. The molecule has 0 rings (SSSR count). The second-order valence-electron chi connectivity index (χ2n) is 19.5. The van der Waals surface area contributed by atoms with E-state index in [9.17, 15) is 14.4 Å². The van der Waals surface area contributed by atoms with Gasteiger partial charge < -0.3 is 14.2 Å². The second kappa shape index (κ2) is 58.9. The van der Waals surface area contributed by atoms with Crippen molar-refractivity contribution >= 4 is 17.9 Å². The summed E-state index contributed by atoms with van der Waals surface area (Å²) in [7, 11) is 0. The number of carbonyl (C=O) groups is 3. The van der Waals surface area contributed by atoms with Gasteiger partial charge in [-0.1, -0.05) is 234 Å². The zero-order valence-electron chi connectivity index (χ0n) is 46.5. The van der Waals surface area contributed by atoms with Crippen molar-refractivity contribution < 1.29 is 28.6 Å². The lowest BCUT2D eigenvalue weighted by atomic mass is 10.1. The molecule has 0 aromatic rings. The number of esters is 3. The molecule has 0 saturated heterocycles. The lowest BCUT2D eigenvalue weighted by molar-refractivity contribution is -0.167. The molecule has 0 aliphatic carbocycles. The number of allylic oxidation sites excluding steroid dienone is 16. The summed E-state index contributed by atoms with van der Waals surface area (Å²) in [6.45, 7) is 6.48. The molecule has 0 aromatic carbocycles. The minimum absolute atomic E-state index is 0.0959. The number of unbranched alkanes of at least 4 members (excludes halogenated alkanes) is 26. The molecule has 6 heteroatoms. The molecule has 1 unspecified atom stereocenters. The second-order valence-corrected chi connectivity index (χ2v) is 19.5. The van der Waals surface area contributed by atoms with Gasteiger partial charge in [-0.05, 0) is 122 Å². The van der Waals surface area contributed by atoms with Crippen LogP contribution in [0.15, 0.2) is 97.2 Å². The lowest BCUT2D eigenvalue weighted by Gasteiger charge is -2.18. The van der Waals surface area contributed by atoms with Gasteiger partial charge in [0.1, 0.15) is 13.2 Å². The van der Waals surface area contributed by atoms with Crippen molar-refractivity contribution in [1.29, 1.82) is 0 Å². The Hall–Kier alpha value is -3.67. The molecule has 0 bridgehead atoms. The van der Waals surface area contributed by atoms with Crippen LogP contribution in [0.5, 0.6) is 0 Å². The van der Waals surface area contributed by atoms with Crippen molar-refractivity contribution in [2.75, 3.05) is 13.2 Å². The Morgan fingerprint density at radius 3 is 0.901 bits per heavy atom. The van der Waals surface area contributed by atoms with E-state index in [1.54, 1.807) is 0 Å². The van der Waals surface area contributed by atoms with Gasteiger partial charge in [-0.25, -0.2) is 0 Å². The van der Waals surface area contributed by atoms with E-state index in [1.165, 1.54) is 122 Å². The van der Waals surface area contributed by atoms with Crippen LogP contribution >= 0.6 is 0 Å². The first-order valence-corrected chi connectivity index (χ1v) is 29.7. The summed E-state index contributed by atoms with van der Waals surface area (Å²) >= 11 is 0. The smallest absolute Gasteiger partial charge is 0.306 e. The maximum absolute atomic E-state index is 12.9. The summed E-state index contributed by atoms with van der Waals surface area (Å²) in [6.07, 6.45) is 78.2. The van der Waals surface area contributed by atoms with Crippen LogP contribution in [0.1, 0.15) is 278 Å². The number of carbonyl (C=O) groups excluding carboxylic acids is 3. The van der Waals surface area contributed by atoms with E-state index in [2.05, 4.69) is 118 Å². The van der Waals surface area contributed by atoms with Crippen molar-refractivity contribution in [3.05, 3.63) is 97.2 Å². The lowest BCUT2D eigenvalue weighted by Crippen LogP contribution is -2.30. The highest BCUT2D eigenvalue weighted by atomic mass is 16.6. The van der Waals surface area contributed by atoms with Crippen molar-refractivity contribution in [2.24, 2.45) is 0 Å². The predicted molar refractivity (Wildman–Crippen MR) is 307 cm³/mol. The maximum atomic E-state index is 12.9. The molecule has 0 aliphatic heterocycles. The van der Waals surface area contributed by atoms with Gasteiger partial charge in [0.25, 0.3) is 0 Å². The Labute approximate surface area is 438 Å². The molecule has 0 N–H and O–H groups in total. The van der Waals surface area contributed by atoms with Crippen molar-refractivity contribution in [2.45, 2.75) is 284 Å². The van der Waals surface area contributed by atoms with Crippen LogP contribution < -0.4 is 0 Å². The Kier molecular flexibility index (Phi) is 55.9. The van der Waals surface area contributed by atoms with Gasteiger partial charge in [0, 0.05) is 19.3 Å². The summed E-state index contributed by atoms with van der Waals surface area (Å²) in [6, 6.07) is 0. The van der Waals surface area contributed by atoms with Gasteiger partial charge in [0.2, 0.25) is 0 Å². The minimum atomic E-state index is -0.801. The van der Waals surface area contributed by atoms with E-state index in [4.69, 9.17) is 14.2 Å². The summed E-state index contributed by atoms with van der Waals surface area (Å²) in [5, 5.41) is 0. The molecular weight excluding hydrogens is 877 g/mol. The van der Waals surface area contributed by atoms with Crippen LogP contribution in [0, 0.1) is 0 Å². The zero-order valence-corrected chi connectivity index (χ0v) is 46.5. The molecular formula is C65H110O6. The normalized spacial score (nSPS) is 12.8. The number of hydrogen-bond donors (Lipinski definition) is 0. The maximum Gasteiger partial charge on any atom is 0.306 e. The molecule has 0 radical (unpaired) electrons. The van der Waals surface area contributed by atoms with E-state index in [0.29, 0.717) is 19.3 Å². The van der Waals surface area contributed by atoms with Crippen LogP contribution in [0.4, 0.5) is 0 Å². The topological polar surface area (TPSA) is 78.9 Å². The Balaban J connectivity index is 4.48. The van der Waals surface area contributed by atoms with E-state index in [-0.39, 0.29) is 31.1 Å². The third kappa shape index (κ3) is 57.1. The fraction of sp³-hybridized carbons (Fsp3) is 0.708. The van der Waals surface area contributed by atoms with Gasteiger partial charge in [-0.15, -0.1) is 0 Å². The van der Waals surface area contributed by atoms with E-state index >= 15 is 0 Å². The van der Waals surface area contributed by atoms with Crippen LogP contribution in [0.3, 0.4) is 0 Å². The van der Waals surface area contributed by atoms with Crippen LogP contribution in [-0.4, -0.2) is 37.2 Å². The van der Waals surface area contributed by atoms with Crippen molar-refractivity contribution in [1.82, 2.24) is 0 Å². The first-order chi connectivity index (χ1) is 35.0. The highest BCUT2D eigenvalue weighted by Gasteiger charge is 2.19. The van der Waals surface area contributed by atoms with Gasteiger partial charge in [0.15, 0.2) is 6.10 Å². The predicted octanol–water partition coefficient (Wildman–Crippen LogP) is 20.1. The van der Waals surface area contributed by atoms with Gasteiger partial charge in [-0.3, -0.25) is 14.4 Å². The molecule has 71 heavy (non-hydrogen) atoms. The highest BCUT2D eigenvalue weighted by molar-refractivity contribution is 5.71. The standard InChI is InChI=1S/C65H110O6/c1-4-7-10-13-16-19-22-25-28-31-33-35-37-40-43-46-49-52-55-58-64(67)70-61-62(60-69-63(66)57-54-51-48-45-42-39-36-30-27-24-21-18-15-12-9-6-3)71-65(68)59-56-53-50-47-44-41-38-34-32-29-26-23-20-17-14-11-8-5-2/h7,10,16,19-20,23,25,28-30,32-33,35-36,40,43,62H,4-6,8-9,11-15,17-18,21-22,24,26-27,31,34,37-39,41-42,44-61H2,1-3H3/b10-7-,19-16-,23-20-,28-25-,32-29-,35-33-,36-30-,43-40-. The van der Waals surface area contributed by atoms with E-state index < -0.39 is 6.10 Å². The third-order valence-electron chi connectivity index (χ3n) is 12.5. The average molecular weight is 988 g/mol. The van der Waals surface area contributed by atoms with E-state index in [0.717, 1.165) is 116 Å². The Morgan fingerprint density at radius 2 is 0.549 bits per heavy atom. The fourth-order valence-electron chi connectivity index (χ4n) is 8.08. The third-order valence-corrected chi connectivity index (χ3v) is 12.5. The SMILES string of the molecule is CC/C=C\C/C=C\C/C=C\C/C=C\C/C=C\CCCCCC(=O)OCC(COC(=O)CCCCCCC/C=C\CCCCCCCCC)OC(=O)CCCCCCCCC/C=C\C/C=C\CCCCCC. The fourth-order valence-corrected chi connectivity index (χ4v) is 8.08. The Morgan fingerprint density at radius 1 is 0.296 bits per heavy atom. The molecule has 0 spiro atoms. The molecule has 0 saturated carbocycles. The molecule has 0 heterocycles. The van der Waals surface area contributed by atoms with Crippen LogP contribution in [0.25, 0.3) is 0 Å². The molecule has 6 nitrogen and oxygen atoms in total. The van der Waals surface area contributed by atoms with Gasteiger partial charge >= 0.3 is 17.9 Å². The molecule has 406 valence electrons. The number of ether oxygens (including phenoxy) is 3. The summed E-state index contributed by atoms with van der Waals surface area (Å²) in [5.74, 6) is -0.939. The first kappa shape index (κ1) is 67.3. The number of hydrogen-bond acceptors (Lipinski definition) is 6. The van der Waals surface area contributed by atoms with Crippen molar-refractivity contribution in [3.8, 4) is 0 Å². The van der Waals surface area contributed by atoms with Crippen molar-refractivity contribution in [3.63, 3.8) is 0 Å². The molecule has 0 aliphatic rings. The van der Waals surface area contributed by atoms with Crippen LogP contribution in [0.2, 0.25) is 0 Å². The largest absolute Gasteiger partial charge is 0.462 e. The summed E-state index contributed by atoms with van der Waals surface area (Å²) in [5.41, 5.74) is 0. The van der Waals surface area contributed by atoms with Gasteiger partial charge in [-0.2, -0.15) is 0 Å². The minimum Gasteiger partial charge on any atom is -0.462 e. The molecule has 0 aromatic heterocycles. The molecule has 0 amide bonds. The molecule has 1 atom stereocenters. The van der Waals surface area contributed by atoms with E-state index in [1.807, 2.05) is 0 Å². The molecule has 0 fully saturated rings. The highest BCUT2D eigenvalue weighted by Crippen LogP contribution is 2.14. The number of rotatable bonds is 53. The monoisotopic (exact) mass is 987 g/mol. The summed E-state index contributed by atoms with van der Waals surface area (Å²) < 4.78 is 16.9.